The monoisotopic (exact) mass is 298 g/mol. The summed E-state index contributed by atoms with van der Waals surface area (Å²) < 4.78 is 30.3. The molecule has 0 bridgehead atoms. The summed E-state index contributed by atoms with van der Waals surface area (Å²) in [7, 11) is 2.48. The minimum Gasteiger partial charge on any atom is -0.497 e. The van der Waals surface area contributed by atoms with Gasteiger partial charge in [-0.25, -0.2) is 8.42 Å². The van der Waals surface area contributed by atoms with E-state index in [0.29, 0.717) is 13.1 Å². The fourth-order valence-corrected chi connectivity index (χ4v) is 3.58. The Bertz CT molecular complexity index is 554. The van der Waals surface area contributed by atoms with Gasteiger partial charge in [0.15, 0.2) is 0 Å². The standard InChI is InChI=1S/C14H22N2O3S/c1-15(2)14-10-16(20(4,17)18)9-13(14)11-5-7-12(19-3)8-6-11/h5-8,13-14H,9-10H2,1-4H3/t13-,14+/m1/s1. The van der Waals surface area contributed by atoms with Gasteiger partial charge in [0.05, 0.1) is 13.4 Å². The van der Waals surface area contributed by atoms with Gasteiger partial charge in [0, 0.05) is 25.0 Å². The quantitative estimate of drug-likeness (QED) is 0.831. The van der Waals surface area contributed by atoms with E-state index in [9.17, 15) is 8.42 Å². The summed E-state index contributed by atoms with van der Waals surface area (Å²) in [6.07, 6.45) is 1.27. The molecule has 0 aromatic heterocycles. The molecule has 1 heterocycles. The first-order valence-corrected chi connectivity index (χ1v) is 8.43. The van der Waals surface area contributed by atoms with Gasteiger partial charge in [0.25, 0.3) is 0 Å². The lowest BCUT2D eigenvalue weighted by molar-refractivity contribution is 0.285. The third kappa shape index (κ3) is 3.13. The second-order valence-corrected chi connectivity index (χ2v) is 7.47. The molecule has 0 spiro atoms. The Morgan fingerprint density at radius 2 is 1.80 bits per heavy atom. The predicted molar refractivity (Wildman–Crippen MR) is 79.6 cm³/mol. The highest BCUT2D eigenvalue weighted by Gasteiger charge is 2.38. The van der Waals surface area contributed by atoms with Crippen LogP contribution in [0.25, 0.3) is 0 Å². The zero-order chi connectivity index (χ0) is 14.9. The smallest absolute Gasteiger partial charge is 0.211 e. The summed E-state index contributed by atoms with van der Waals surface area (Å²) in [5.41, 5.74) is 1.15. The van der Waals surface area contributed by atoms with Gasteiger partial charge in [-0.2, -0.15) is 4.31 Å². The summed E-state index contributed by atoms with van der Waals surface area (Å²) in [4.78, 5) is 2.10. The van der Waals surface area contributed by atoms with Crippen LogP contribution in [-0.2, 0) is 10.0 Å². The minimum atomic E-state index is -3.14. The van der Waals surface area contributed by atoms with Gasteiger partial charge in [0.2, 0.25) is 10.0 Å². The van der Waals surface area contributed by atoms with Crippen molar-refractivity contribution in [2.45, 2.75) is 12.0 Å². The zero-order valence-corrected chi connectivity index (χ0v) is 13.2. The van der Waals surface area contributed by atoms with Gasteiger partial charge in [-0.05, 0) is 31.8 Å². The van der Waals surface area contributed by atoms with Crippen LogP contribution in [0.3, 0.4) is 0 Å². The van der Waals surface area contributed by atoms with Crippen LogP contribution in [-0.4, -0.2) is 64.2 Å². The van der Waals surface area contributed by atoms with Gasteiger partial charge in [-0.3, -0.25) is 0 Å². The van der Waals surface area contributed by atoms with Crippen LogP contribution in [0.4, 0.5) is 0 Å². The van der Waals surface area contributed by atoms with E-state index in [-0.39, 0.29) is 12.0 Å². The van der Waals surface area contributed by atoms with Crippen molar-refractivity contribution < 1.29 is 13.2 Å². The third-order valence-electron chi connectivity index (χ3n) is 3.93. The molecule has 1 aliphatic rings. The van der Waals surface area contributed by atoms with Crippen LogP contribution in [0, 0.1) is 0 Å². The Hall–Kier alpha value is -1.11. The summed E-state index contributed by atoms with van der Waals surface area (Å²) in [5, 5.41) is 0. The van der Waals surface area contributed by atoms with Crippen LogP contribution in [0.2, 0.25) is 0 Å². The highest BCUT2D eigenvalue weighted by molar-refractivity contribution is 7.88. The molecule has 0 saturated carbocycles. The van der Waals surface area contributed by atoms with Crippen LogP contribution in [0.5, 0.6) is 5.75 Å². The van der Waals surface area contributed by atoms with Crippen molar-refractivity contribution in [2.75, 3.05) is 40.6 Å². The number of nitrogens with zero attached hydrogens (tertiary/aromatic N) is 2. The van der Waals surface area contributed by atoms with Crippen molar-refractivity contribution in [2.24, 2.45) is 0 Å². The Morgan fingerprint density at radius 1 is 1.20 bits per heavy atom. The van der Waals surface area contributed by atoms with E-state index in [1.54, 1.807) is 11.4 Å². The van der Waals surface area contributed by atoms with E-state index >= 15 is 0 Å². The summed E-state index contributed by atoms with van der Waals surface area (Å²) in [5.74, 6) is 0.999. The van der Waals surface area contributed by atoms with Gasteiger partial charge < -0.3 is 9.64 Å². The Labute approximate surface area is 121 Å². The lowest BCUT2D eigenvalue weighted by Gasteiger charge is -2.25. The molecule has 20 heavy (non-hydrogen) atoms. The van der Waals surface area contributed by atoms with E-state index in [1.165, 1.54) is 6.26 Å². The maximum atomic E-state index is 11.8. The van der Waals surface area contributed by atoms with Crippen LogP contribution in [0.1, 0.15) is 11.5 Å². The molecular weight excluding hydrogens is 276 g/mol. The highest BCUT2D eigenvalue weighted by Crippen LogP contribution is 2.32. The number of methoxy groups -OCH3 is 1. The van der Waals surface area contributed by atoms with Crippen LogP contribution >= 0.6 is 0 Å². The van der Waals surface area contributed by atoms with Crippen molar-refractivity contribution in [3.63, 3.8) is 0 Å². The Morgan fingerprint density at radius 3 is 2.25 bits per heavy atom. The van der Waals surface area contributed by atoms with E-state index in [1.807, 2.05) is 38.4 Å². The molecule has 1 fully saturated rings. The van der Waals surface area contributed by atoms with E-state index in [2.05, 4.69) is 4.90 Å². The molecule has 1 aromatic rings. The number of benzene rings is 1. The molecule has 1 aromatic carbocycles. The number of ether oxygens (including phenoxy) is 1. The fourth-order valence-electron chi connectivity index (χ4n) is 2.72. The first kappa shape index (κ1) is 15.3. The number of rotatable bonds is 4. The van der Waals surface area contributed by atoms with Crippen molar-refractivity contribution in [3.8, 4) is 5.75 Å². The second-order valence-electron chi connectivity index (χ2n) is 5.49. The van der Waals surface area contributed by atoms with Gasteiger partial charge >= 0.3 is 0 Å². The Balaban J connectivity index is 2.27. The number of sulfonamides is 1. The van der Waals surface area contributed by atoms with E-state index in [4.69, 9.17) is 4.74 Å². The zero-order valence-electron chi connectivity index (χ0n) is 12.4. The second kappa shape index (κ2) is 5.71. The molecule has 0 N–H and O–H groups in total. The normalized spacial score (nSPS) is 24.2. The fraction of sp³-hybridized carbons (Fsp3) is 0.571. The highest BCUT2D eigenvalue weighted by atomic mass is 32.2. The maximum Gasteiger partial charge on any atom is 0.211 e. The molecule has 0 aliphatic carbocycles. The van der Waals surface area contributed by atoms with Crippen molar-refractivity contribution in [1.29, 1.82) is 0 Å². The van der Waals surface area contributed by atoms with Gasteiger partial charge in [0.1, 0.15) is 5.75 Å². The number of hydrogen-bond acceptors (Lipinski definition) is 4. The van der Waals surface area contributed by atoms with Gasteiger partial charge in [-0.1, -0.05) is 12.1 Å². The van der Waals surface area contributed by atoms with Crippen LogP contribution in [0.15, 0.2) is 24.3 Å². The molecule has 2 atom stereocenters. The van der Waals surface area contributed by atoms with E-state index in [0.717, 1.165) is 11.3 Å². The minimum absolute atomic E-state index is 0.186. The number of likely N-dealkylation sites (N-methyl/N-ethyl adjacent to an activating group) is 1. The van der Waals surface area contributed by atoms with Crippen molar-refractivity contribution >= 4 is 10.0 Å². The molecule has 6 heteroatoms. The SMILES string of the molecule is COc1ccc([C@H]2CN(S(C)(=O)=O)C[C@@H]2N(C)C)cc1. The Kier molecular flexibility index (Phi) is 4.36. The van der Waals surface area contributed by atoms with Crippen LogP contribution < -0.4 is 4.74 Å². The molecule has 1 saturated heterocycles. The topological polar surface area (TPSA) is 49.9 Å². The first-order valence-electron chi connectivity index (χ1n) is 6.58. The average Bonchev–Trinajstić information content (AvgIpc) is 2.84. The molecule has 112 valence electrons. The summed E-state index contributed by atoms with van der Waals surface area (Å²) in [6.45, 7) is 1.08. The third-order valence-corrected chi connectivity index (χ3v) is 5.17. The predicted octanol–water partition coefficient (Wildman–Crippen LogP) is 0.984. The molecule has 1 aliphatic heterocycles. The molecule has 5 nitrogen and oxygen atoms in total. The lowest BCUT2D eigenvalue weighted by Crippen LogP contribution is -2.35. The number of hydrogen-bond donors (Lipinski definition) is 0. The van der Waals surface area contributed by atoms with Crippen molar-refractivity contribution in [1.82, 2.24) is 9.21 Å². The summed E-state index contributed by atoms with van der Waals surface area (Å²) >= 11 is 0. The molecule has 0 unspecified atom stereocenters. The average molecular weight is 298 g/mol. The van der Waals surface area contributed by atoms with Gasteiger partial charge in [-0.15, -0.1) is 0 Å². The summed E-state index contributed by atoms with van der Waals surface area (Å²) in [6, 6.07) is 8.08. The maximum absolute atomic E-state index is 11.8. The van der Waals surface area contributed by atoms with E-state index < -0.39 is 10.0 Å². The van der Waals surface area contributed by atoms with Crippen molar-refractivity contribution in [3.05, 3.63) is 29.8 Å². The molecule has 0 radical (unpaired) electrons. The molecular formula is C14H22N2O3S. The molecule has 2 rings (SSSR count). The largest absolute Gasteiger partial charge is 0.497 e. The molecule has 0 amide bonds. The lowest BCUT2D eigenvalue weighted by atomic mass is 9.94. The first-order chi connectivity index (χ1) is 9.32.